The van der Waals surface area contributed by atoms with E-state index in [4.69, 9.17) is 26.4 Å². The Bertz CT molecular complexity index is 304. The van der Waals surface area contributed by atoms with Crippen LogP contribution >= 0.6 is 0 Å². The molecule has 6 N–H and O–H groups in total. The maximum absolute atomic E-state index is 9.02. The van der Waals surface area contributed by atoms with Gasteiger partial charge in [0.2, 0.25) is 0 Å². The molecule has 0 aromatic heterocycles. The molecule has 0 amide bonds. The van der Waals surface area contributed by atoms with Crippen molar-refractivity contribution in [1.82, 2.24) is 0 Å². The molecule has 0 aliphatic carbocycles. The summed E-state index contributed by atoms with van der Waals surface area (Å²) >= 11 is 0. The van der Waals surface area contributed by atoms with Gasteiger partial charge in [0.1, 0.15) is 18.5 Å². The van der Waals surface area contributed by atoms with Crippen LogP contribution in [0.15, 0.2) is 18.2 Å². The second-order valence-electron chi connectivity index (χ2n) is 2.94. The molecule has 5 nitrogen and oxygen atoms in total. The number of nitrogens with two attached hydrogens (primary N) is 2. The quantitative estimate of drug-likeness (QED) is 0.492. The van der Waals surface area contributed by atoms with E-state index in [1.54, 1.807) is 18.2 Å². The molecule has 5 heteroatoms. The molecule has 0 saturated carbocycles. The molecule has 1 atom stereocenters. The SMILES string of the molecule is Nc1ccc(OCC(O)CO)c(N)c1. The number of hydrogen-bond donors (Lipinski definition) is 4. The van der Waals surface area contributed by atoms with Gasteiger partial charge in [-0.1, -0.05) is 0 Å². The Morgan fingerprint density at radius 1 is 1.36 bits per heavy atom. The van der Waals surface area contributed by atoms with E-state index in [0.717, 1.165) is 0 Å². The fraction of sp³-hybridized carbons (Fsp3) is 0.333. The highest BCUT2D eigenvalue weighted by Gasteiger charge is 2.05. The summed E-state index contributed by atoms with van der Waals surface area (Å²) in [6.07, 6.45) is -0.896. The number of anilines is 2. The monoisotopic (exact) mass is 198 g/mol. The Labute approximate surface area is 81.9 Å². The van der Waals surface area contributed by atoms with Crippen molar-refractivity contribution < 1.29 is 14.9 Å². The molecule has 0 bridgehead atoms. The van der Waals surface area contributed by atoms with E-state index < -0.39 is 6.10 Å². The number of hydrogen-bond acceptors (Lipinski definition) is 5. The summed E-state index contributed by atoms with van der Waals surface area (Å²) in [5, 5.41) is 17.6. The van der Waals surface area contributed by atoms with Crippen molar-refractivity contribution in [3.8, 4) is 5.75 Å². The molecule has 0 saturated heterocycles. The van der Waals surface area contributed by atoms with Crippen molar-refractivity contribution >= 4 is 11.4 Å². The van der Waals surface area contributed by atoms with Gasteiger partial charge in [0.25, 0.3) is 0 Å². The van der Waals surface area contributed by atoms with E-state index in [-0.39, 0.29) is 13.2 Å². The summed E-state index contributed by atoms with van der Waals surface area (Å²) in [5.74, 6) is 0.451. The Balaban J connectivity index is 2.59. The molecule has 1 aromatic rings. The van der Waals surface area contributed by atoms with E-state index >= 15 is 0 Å². The first kappa shape index (κ1) is 10.6. The smallest absolute Gasteiger partial charge is 0.142 e. The zero-order chi connectivity index (χ0) is 10.6. The second kappa shape index (κ2) is 4.69. The van der Waals surface area contributed by atoms with Crippen LogP contribution in [0.3, 0.4) is 0 Å². The number of aliphatic hydroxyl groups excluding tert-OH is 2. The van der Waals surface area contributed by atoms with Gasteiger partial charge in [0, 0.05) is 5.69 Å². The minimum absolute atomic E-state index is 0.00458. The molecule has 0 fully saturated rings. The molecule has 1 aromatic carbocycles. The molecular weight excluding hydrogens is 184 g/mol. The fourth-order valence-corrected chi connectivity index (χ4v) is 0.937. The van der Waals surface area contributed by atoms with Crippen molar-refractivity contribution in [2.45, 2.75) is 6.10 Å². The number of aliphatic hydroxyl groups is 2. The lowest BCUT2D eigenvalue weighted by atomic mass is 10.2. The number of ether oxygens (including phenoxy) is 1. The average Bonchev–Trinajstić information content (AvgIpc) is 2.16. The maximum Gasteiger partial charge on any atom is 0.142 e. The van der Waals surface area contributed by atoms with Gasteiger partial charge in [0.15, 0.2) is 0 Å². The highest BCUT2D eigenvalue weighted by Crippen LogP contribution is 2.23. The summed E-state index contributed by atoms with van der Waals surface area (Å²) in [5.41, 5.74) is 12.1. The summed E-state index contributed by atoms with van der Waals surface area (Å²) < 4.78 is 5.15. The van der Waals surface area contributed by atoms with Crippen LogP contribution in [0.2, 0.25) is 0 Å². The topological polar surface area (TPSA) is 102 Å². The zero-order valence-electron chi connectivity index (χ0n) is 7.68. The highest BCUT2D eigenvalue weighted by atomic mass is 16.5. The second-order valence-corrected chi connectivity index (χ2v) is 2.94. The van der Waals surface area contributed by atoms with Crippen molar-refractivity contribution in [1.29, 1.82) is 0 Å². The molecule has 0 heterocycles. The van der Waals surface area contributed by atoms with Gasteiger partial charge >= 0.3 is 0 Å². The Hall–Kier alpha value is -1.46. The van der Waals surface area contributed by atoms with Gasteiger partial charge in [-0.3, -0.25) is 0 Å². The lowest BCUT2D eigenvalue weighted by Crippen LogP contribution is -2.21. The van der Waals surface area contributed by atoms with E-state index in [0.29, 0.717) is 17.1 Å². The third-order valence-corrected chi connectivity index (χ3v) is 1.68. The van der Waals surface area contributed by atoms with E-state index in [9.17, 15) is 0 Å². The molecule has 14 heavy (non-hydrogen) atoms. The van der Waals surface area contributed by atoms with E-state index in [2.05, 4.69) is 0 Å². The van der Waals surface area contributed by atoms with Crippen LogP contribution in [-0.2, 0) is 0 Å². The summed E-state index contributed by atoms with van der Waals surface area (Å²) in [7, 11) is 0. The maximum atomic E-state index is 9.02. The van der Waals surface area contributed by atoms with Crippen molar-refractivity contribution in [3.63, 3.8) is 0 Å². The predicted octanol–water partition coefficient (Wildman–Crippen LogP) is -0.417. The van der Waals surface area contributed by atoms with E-state index in [1.165, 1.54) is 0 Å². The number of nitrogen functional groups attached to an aromatic ring is 2. The third kappa shape index (κ3) is 2.79. The van der Waals surface area contributed by atoms with Crippen molar-refractivity contribution in [2.24, 2.45) is 0 Å². The lowest BCUT2D eigenvalue weighted by molar-refractivity contribution is 0.0538. The van der Waals surface area contributed by atoms with Gasteiger partial charge in [-0.25, -0.2) is 0 Å². The van der Waals surface area contributed by atoms with Gasteiger partial charge in [-0.05, 0) is 18.2 Å². The Morgan fingerprint density at radius 2 is 2.07 bits per heavy atom. The van der Waals surface area contributed by atoms with Gasteiger partial charge in [-0.2, -0.15) is 0 Å². The van der Waals surface area contributed by atoms with Gasteiger partial charge < -0.3 is 26.4 Å². The van der Waals surface area contributed by atoms with Gasteiger partial charge in [0.05, 0.1) is 12.3 Å². The number of rotatable bonds is 4. The molecule has 1 rings (SSSR count). The van der Waals surface area contributed by atoms with Crippen molar-refractivity contribution in [2.75, 3.05) is 24.7 Å². The third-order valence-electron chi connectivity index (χ3n) is 1.68. The van der Waals surface area contributed by atoms with Crippen LogP contribution in [-0.4, -0.2) is 29.5 Å². The normalized spacial score (nSPS) is 12.4. The highest BCUT2D eigenvalue weighted by molar-refractivity contribution is 5.60. The molecule has 78 valence electrons. The van der Waals surface area contributed by atoms with Gasteiger partial charge in [-0.15, -0.1) is 0 Å². The zero-order valence-corrected chi connectivity index (χ0v) is 7.68. The van der Waals surface area contributed by atoms with Crippen LogP contribution in [0.5, 0.6) is 5.75 Å². The minimum atomic E-state index is -0.896. The Morgan fingerprint density at radius 3 is 2.64 bits per heavy atom. The molecule has 1 unspecified atom stereocenters. The van der Waals surface area contributed by atoms with Crippen LogP contribution in [0.1, 0.15) is 0 Å². The number of benzene rings is 1. The van der Waals surface area contributed by atoms with Crippen LogP contribution in [0.4, 0.5) is 11.4 Å². The minimum Gasteiger partial charge on any atom is -0.489 e. The fourth-order valence-electron chi connectivity index (χ4n) is 0.937. The first-order valence-electron chi connectivity index (χ1n) is 4.20. The summed E-state index contributed by atoms with van der Waals surface area (Å²) in [6.45, 7) is -0.334. The first-order valence-corrected chi connectivity index (χ1v) is 4.20. The van der Waals surface area contributed by atoms with Crippen LogP contribution in [0.25, 0.3) is 0 Å². The summed E-state index contributed by atoms with van der Waals surface area (Å²) in [6, 6.07) is 4.84. The predicted molar refractivity (Wildman–Crippen MR) is 53.9 cm³/mol. The van der Waals surface area contributed by atoms with Crippen LogP contribution in [0, 0.1) is 0 Å². The average molecular weight is 198 g/mol. The standard InChI is InChI=1S/C9H14N2O3/c10-6-1-2-9(8(11)3-6)14-5-7(13)4-12/h1-3,7,12-13H,4-5,10-11H2. The Kier molecular flexibility index (Phi) is 3.55. The lowest BCUT2D eigenvalue weighted by Gasteiger charge is -2.11. The first-order chi connectivity index (χ1) is 6.63. The van der Waals surface area contributed by atoms with Crippen LogP contribution < -0.4 is 16.2 Å². The molecule has 0 aliphatic rings. The summed E-state index contributed by atoms with van der Waals surface area (Å²) in [4.78, 5) is 0. The molecule has 0 spiro atoms. The largest absolute Gasteiger partial charge is 0.489 e. The van der Waals surface area contributed by atoms with E-state index in [1.807, 2.05) is 0 Å². The molecular formula is C9H14N2O3. The molecule has 0 aliphatic heterocycles. The van der Waals surface area contributed by atoms with Crippen molar-refractivity contribution in [3.05, 3.63) is 18.2 Å². The molecule has 0 radical (unpaired) electrons.